The Labute approximate surface area is 162 Å². The number of hydrogen-bond acceptors (Lipinski definition) is 4. The number of anilines is 1. The van der Waals surface area contributed by atoms with Crippen molar-refractivity contribution < 1.29 is 4.79 Å². The van der Waals surface area contributed by atoms with E-state index in [1.54, 1.807) is 24.7 Å². The normalized spacial score (nSPS) is 10.7. The highest BCUT2D eigenvalue weighted by molar-refractivity contribution is 5.90. The average molecular weight is 372 g/mol. The van der Waals surface area contributed by atoms with Gasteiger partial charge in [0.05, 0.1) is 17.2 Å². The Balaban J connectivity index is 1.35. The van der Waals surface area contributed by atoms with Crippen molar-refractivity contribution in [2.45, 2.75) is 12.8 Å². The Hall–Kier alpha value is -3.74. The monoisotopic (exact) mass is 372 g/mol. The van der Waals surface area contributed by atoms with Crippen LogP contribution in [0.25, 0.3) is 22.2 Å². The number of benzene rings is 1. The van der Waals surface area contributed by atoms with E-state index in [1.807, 2.05) is 30.3 Å². The molecule has 0 saturated carbocycles. The Morgan fingerprint density at radius 1 is 1.00 bits per heavy atom. The molecule has 3 aromatic heterocycles. The van der Waals surface area contributed by atoms with Gasteiger partial charge in [-0.3, -0.25) is 15.4 Å². The molecule has 0 atom stereocenters. The maximum Gasteiger partial charge on any atom is 0.320 e. The first-order chi connectivity index (χ1) is 13.8. The van der Waals surface area contributed by atoms with Crippen LogP contribution in [0.3, 0.4) is 0 Å². The molecule has 3 N–H and O–H groups in total. The Bertz CT molecular complexity index is 1060. The van der Waals surface area contributed by atoms with Crippen molar-refractivity contribution in [2.24, 2.45) is 0 Å². The second-order valence-electron chi connectivity index (χ2n) is 6.42. The number of fused-ring (bicyclic) bond motifs is 1. The molecule has 0 spiro atoms. The predicted molar refractivity (Wildman–Crippen MR) is 109 cm³/mol. The lowest BCUT2D eigenvalue weighted by atomic mass is 10.1. The molecule has 2 amide bonds. The van der Waals surface area contributed by atoms with Gasteiger partial charge in [0.25, 0.3) is 0 Å². The quantitative estimate of drug-likeness (QED) is 0.449. The number of urea groups is 1. The highest BCUT2D eigenvalue weighted by Gasteiger charge is 2.06. The smallest absolute Gasteiger partial charge is 0.320 e. The molecule has 0 fully saturated rings. The van der Waals surface area contributed by atoms with Crippen LogP contribution in [0.4, 0.5) is 10.6 Å². The lowest BCUT2D eigenvalue weighted by molar-refractivity contribution is 0.252. The number of carbonyl (C=O) groups excluding carboxylic acids is 1. The fourth-order valence-corrected chi connectivity index (χ4v) is 2.94. The molecule has 28 heavy (non-hydrogen) atoms. The molecule has 0 unspecified atom stereocenters. The number of nitrogens with zero attached hydrogens (tertiary/aromatic N) is 3. The molecule has 1 aromatic carbocycles. The molecular formula is C21H20N6O. The maximum absolute atomic E-state index is 12.1. The summed E-state index contributed by atoms with van der Waals surface area (Å²) in [5.41, 5.74) is 4.59. The fourth-order valence-electron chi connectivity index (χ4n) is 2.94. The van der Waals surface area contributed by atoms with Crippen LogP contribution in [-0.4, -0.2) is 32.7 Å². The summed E-state index contributed by atoms with van der Waals surface area (Å²) in [5.74, 6) is 0.485. The number of aryl methyl sites for hydroxylation is 1. The van der Waals surface area contributed by atoms with Gasteiger partial charge in [-0.1, -0.05) is 30.3 Å². The second-order valence-corrected chi connectivity index (χ2v) is 6.42. The highest BCUT2D eigenvalue weighted by Crippen LogP contribution is 2.21. The first-order valence-electron chi connectivity index (χ1n) is 9.13. The van der Waals surface area contributed by atoms with Crippen molar-refractivity contribution in [3.05, 3.63) is 72.7 Å². The molecule has 0 aliphatic carbocycles. The van der Waals surface area contributed by atoms with Gasteiger partial charge in [-0.15, -0.1) is 0 Å². The number of amides is 2. The third-order valence-corrected chi connectivity index (χ3v) is 4.38. The van der Waals surface area contributed by atoms with Gasteiger partial charge in [-0.05, 0) is 36.6 Å². The maximum atomic E-state index is 12.1. The standard InChI is InChI=1S/C21H20N6O/c28-21(22-10-4-7-15-5-2-1-3-6-15)27-20-9-8-18-19(26-20)11-16(12-23-18)17-13-24-25-14-17/h1-3,5-6,8-9,11-14H,4,7,10H2,(H,24,25)(H2,22,26,27,28). The zero-order chi connectivity index (χ0) is 19.2. The lowest BCUT2D eigenvalue weighted by Gasteiger charge is -2.08. The number of nitrogens with one attached hydrogen (secondary N) is 3. The van der Waals surface area contributed by atoms with Gasteiger partial charge in [0.15, 0.2) is 0 Å². The third-order valence-electron chi connectivity index (χ3n) is 4.38. The van der Waals surface area contributed by atoms with E-state index in [0.29, 0.717) is 17.9 Å². The summed E-state index contributed by atoms with van der Waals surface area (Å²) in [7, 11) is 0. The number of H-pyrrole nitrogens is 1. The topological polar surface area (TPSA) is 95.6 Å². The summed E-state index contributed by atoms with van der Waals surface area (Å²) in [6, 6.07) is 15.5. The minimum absolute atomic E-state index is 0.265. The summed E-state index contributed by atoms with van der Waals surface area (Å²) in [6.45, 7) is 0.598. The number of aromatic nitrogens is 4. The Morgan fingerprint density at radius 3 is 2.71 bits per heavy atom. The first kappa shape index (κ1) is 17.7. The minimum atomic E-state index is -0.265. The molecule has 3 heterocycles. The zero-order valence-electron chi connectivity index (χ0n) is 15.2. The number of carbonyl (C=O) groups is 1. The van der Waals surface area contributed by atoms with Crippen LogP contribution in [0, 0.1) is 0 Å². The van der Waals surface area contributed by atoms with E-state index in [1.165, 1.54) is 5.56 Å². The van der Waals surface area contributed by atoms with E-state index in [2.05, 4.69) is 42.9 Å². The Morgan fingerprint density at radius 2 is 1.89 bits per heavy atom. The highest BCUT2D eigenvalue weighted by atomic mass is 16.2. The van der Waals surface area contributed by atoms with Crippen LogP contribution in [0.15, 0.2) is 67.1 Å². The number of aromatic amines is 1. The van der Waals surface area contributed by atoms with Crippen molar-refractivity contribution in [1.29, 1.82) is 0 Å². The molecule has 0 aliphatic heterocycles. The van der Waals surface area contributed by atoms with E-state index >= 15 is 0 Å². The van der Waals surface area contributed by atoms with Crippen molar-refractivity contribution in [3.63, 3.8) is 0 Å². The van der Waals surface area contributed by atoms with Gasteiger partial charge in [0.1, 0.15) is 5.82 Å². The molecule has 7 heteroatoms. The van der Waals surface area contributed by atoms with Crippen molar-refractivity contribution in [3.8, 4) is 11.1 Å². The molecule has 4 aromatic rings. The largest absolute Gasteiger partial charge is 0.338 e. The van der Waals surface area contributed by atoms with Gasteiger partial charge in [-0.25, -0.2) is 9.78 Å². The average Bonchev–Trinajstić information content (AvgIpc) is 3.26. The van der Waals surface area contributed by atoms with E-state index in [9.17, 15) is 4.79 Å². The van der Waals surface area contributed by atoms with Gasteiger partial charge in [-0.2, -0.15) is 5.10 Å². The summed E-state index contributed by atoms with van der Waals surface area (Å²) in [6.07, 6.45) is 7.11. The molecule has 7 nitrogen and oxygen atoms in total. The number of rotatable bonds is 6. The molecular weight excluding hydrogens is 352 g/mol. The first-order valence-corrected chi connectivity index (χ1v) is 9.13. The Kier molecular flexibility index (Phi) is 5.24. The molecule has 0 radical (unpaired) electrons. The zero-order valence-corrected chi connectivity index (χ0v) is 15.2. The summed E-state index contributed by atoms with van der Waals surface area (Å²) < 4.78 is 0. The fraction of sp³-hybridized carbons (Fsp3) is 0.143. The molecule has 0 aliphatic rings. The van der Waals surface area contributed by atoms with Gasteiger partial charge < -0.3 is 5.32 Å². The molecule has 140 valence electrons. The van der Waals surface area contributed by atoms with Crippen LogP contribution in [0.1, 0.15) is 12.0 Å². The SMILES string of the molecule is O=C(NCCCc1ccccc1)Nc1ccc2ncc(-c3cn[nH]c3)cc2n1. The van der Waals surface area contributed by atoms with Gasteiger partial charge in [0, 0.05) is 30.1 Å². The number of pyridine rings is 2. The van der Waals surface area contributed by atoms with E-state index < -0.39 is 0 Å². The molecule has 0 saturated heterocycles. The van der Waals surface area contributed by atoms with Crippen molar-refractivity contribution >= 4 is 22.9 Å². The van der Waals surface area contributed by atoms with Gasteiger partial charge >= 0.3 is 6.03 Å². The second kappa shape index (κ2) is 8.30. The predicted octanol–water partition coefficient (Wildman–Crippen LogP) is 3.77. The molecule has 0 bridgehead atoms. The third kappa shape index (κ3) is 4.32. The van der Waals surface area contributed by atoms with E-state index in [4.69, 9.17) is 0 Å². The van der Waals surface area contributed by atoms with Crippen LogP contribution in [0.5, 0.6) is 0 Å². The van der Waals surface area contributed by atoms with Gasteiger partial charge in [0.2, 0.25) is 0 Å². The van der Waals surface area contributed by atoms with Crippen LogP contribution in [0.2, 0.25) is 0 Å². The number of hydrogen-bond donors (Lipinski definition) is 3. The van der Waals surface area contributed by atoms with Crippen LogP contribution >= 0.6 is 0 Å². The van der Waals surface area contributed by atoms with E-state index in [-0.39, 0.29) is 6.03 Å². The van der Waals surface area contributed by atoms with Crippen molar-refractivity contribution in [1.82, 2.24) is 25.5 Å². The van der Waals surface area contributed by atoms with Crippen molar-refractivity contribution in [2.75, 3.05) is 11.9 Å². The summed E-state index contributed by atoms with van der Waals surface area (Å²) in [5, 5.41) is 12.4. The lowest BCUT2D eigenvalue weighted by Crippen LogP contribution is -2.30. The van der Waals surface area contributed by atoms with Crippen LogP contribution in [-0.2, 0) is 6.42 Å². The minimum Gasteiger partial charge on any atom is -0.338 e. The van der Waals surface area contributed by atoms with Crippen LogP contribution < -0.4 is 10.6 Å². The summed E-state index contributed by atoms with van der Waals surface area (Å²) in [4.78, 5) is 21.0. The summed E-state index contributed by atoms with van der Waals surface area (Å²) >= 11 is 0. The van der Waals surface area contributed by atoms with E-state index in [0.717, 1.165) is 29.5 Å². The molecule has 4 rings (SSSR count).